The molecule has 2 N–H and O–H groups in total. The second-order valence-electron chi connectivity index (χ2n) is 4.93. The zero-order valence-electron chi connectivity index (χ0n) is 11.6. The number of rotatable bonds is 4. The molecule has 6 heteroatoms. The molecule has 104 valence electrons. The maximum Gasteiger partial charge on any atom is 0.209 e. The van der Waals surface area contributed by atoms with Gasteiger partial charge >= 0.3 is 0 Å². The zero-order valence-corrected chi connectivity index (χ0v) is 11.6. The molecule has 0 bridgehead atoms. The smallest absolute Gasteiger partial charge is 0.209 e. The standard InChI is InChI=1S/C14H17N5O/c1-18(8-12-16-6-7-19(12)2)9-13-17-14-10(15)4-3-5-11(14)20-13/h3-7H,8-9,15H2,1-2H3. The lowest BCUT2D eigenvalue weighted by Gasteiger charge is -2.13. The number of fused-ring (bicyclic) bond motifs is 1. The van der Waals surface area contributed by atoms with Crippen molar-refractivity contribution in [3.05, 3.63) is 42.3 Å². The lowest BCUT2D eigenvalue weighted by molar-refractivity contribution is 0.276. The van der Waals surface area contributed by atoms with Crippen LogP contribution in [0.25, 0.3) is 11.1 Å². The van der Waals surface area contributed by atoms with Gasteiger partial charge in [-0.2, -0.15) is 0 Å². The number of imidazole rings is 1. The lowest BCUT2D eigenvalue weighted by Crippen LogP contribution is -2.19. The number of oxazole rings is 1. The maximum atomic E-state index is 5.88. The molecule has 20 heavy (non-hydrogen) atoms. The van der Waals surface area contributed by atoms with E-state index in [4.69, 9.17) is 10.2 Å². The third-order valence-corrected chi connectivity index (χ3v) is 3.23. The zero-order chi connectivity index (χ0) is 14.1. The molecule has 0 atom stereocenters. The minimum atomic E-state index is 0.612. The molecule has 0 unspecified atom stereocenters. The highest BCUT2D eigenvalue weighted by Gasteiger charge is 2.11. The number of anilines is 1. The molecule has 0 aliphatic rings. The van der Waals surface area contributed by atoms with Crippen LogP contribution in [0.15, 0.2) is 35.0 Å². The van der Waals surface area contributed by atoms with Crippen molar-refractivity contribution in [3.8, 4) is 0 Å². The molecule has 0 radical (unpaired) electrons. The summed E-state index contributed by atoms with van der Waals surface area (Å²) in [6, 6.07) is 5.57. The lowest BCUT2D eigenvalue weighted by atomic mass is 10.3. The fourth-order valence-electron chi connectivity index (χ4n) is 2.16. The van der Waals surface area contributed by atoms with E-state index in [0.717, 1.165) is 23.5 Å². The van der Waals surface area contributed by atoms with Gasteiger partial charge in [0, 0.05) is 19.4 Å². The van der Waals surface area contributed by atoms with Gasteiger partial charge in [0.05, 0.1) is 18.8 Å². The predicted molar refractivity (Wildman–Crippen MR) is 76.8 cm³/mol. The minimum Gasteiger partial charge on any atom is -0.439 e. The van der Waals surface area contributed by atoms with Crippen molar-refractivity contribution in [1.82, 2.24) is 19.4 Å². The fourth-order valence-corrected chi connectivity index (χ4v) is 2.16. The Morgan fingerprint density at radius 2 is 2.20 bits per heavy atom. The second-order valence-corrected chi connectivity index (χ2v) is 4.93. The molecule has 0 aliphatic carbocycles. The van der Waals surface area contributed by atoms with E-state index in [1.54, 1.807) is 6.20 Å². The van der Waals surface area contributed by atoms with Gasteiger partial charge in [-0.25, -0.2) is 9.97 Å². The molecule has 0 fully saturated rings. The van der Waals surface area contributed by atoms with Crippen LogP contribution in [-0.4, -0.2) is 26.5 Å². The number of nitrogen functional groups attached to an aromatic ring is 1. The normalized spacial score (nSPS) is 11.6. The van der Waals surface area contributed by atoms with Gasteiger partial charge in [-0.15, -0.1) is 0 Å². The highest BCUT2D eigenvalue weighted by molar-refractivity contribution is 5.85. The number of para-hydroxylation sites is 1. The summed E-state index contributed by atoms with van der Waals surface area (Å²) in [6.45, 7) is 1.35. The van der Waals surface area contributed by atoms with E-state index in [9.17, 15) is 0 Å². The minimum absolute atomic E-state index is 0.612. The average Bonchev–Trinajstić information content (AvgIpc) is 2.97. The van der Waals surface area contributed by atoms with Crippen molar-refractivity contribution >= 4 is 16.8 Å². The summed E-state index contributed by atoms with van der Waals surface area (Å²) >= 11 is 0. The van der Waals surface area contributed by atoms with E-state index < -0.39 is 0 Å². The monoisotopic (exact) mass is 271 g/mol. The highest BCUT2D eigenvalue weighted by atomic mass is 16.3. The van der Waals surface area contributed by atoms with E-state index in [-0.39, 0.29) is 0 Å². The topological polar surface area (TPSA) is 73.1 Å². The largest absolute Gasteiger partial charge is 0.439 e. The van der Waals surface area contributed by atoms with E-state index in [1.165, 1.54) is 0 Å². The Bertz CT molecular complexity index is 730. The Balaban J connectivity index is 1.76. The van der Waals surface area contributed by atoms with Gasteiger partial charge in [0.25, 0.3) is 0 Å². The number of nitrogens with zero attached hydrogens (tertiary/aromatic N) is 4. The molecule has 0 saturated heterocycles. The Labute approximate surface area is 116 Å². The number of aromatic nitrogens is 3. The number of aryl methyl sites for hydroxylation is 1. The molecule has 3 aromatic rings. The average molecular weight is 271 g/mol. The first kappa shape index (κ1) is 12.7. The molecule has 0 aliphatic heterocycles. The van der Waals surface area contributed by atoms with Crippen molar-refractivity contribution < 1.29 is 4.42 Å². The van der Waals surface area contributed by atoms with E-state index in [2.05, 4.69) is 14.9 Å². The summed E-state index contributed by atoms with van der Waals surface area (Å²) in [4.78, 5) is 10.8. The molecular weight excluding hydrogens is 254 g/mol. The highest BCUT2D eigenvalue weighted by Crippen LogP contribution is 2.21. The summed E-state index contributed by atoms with van der Waals surface area (Å²) < 4.78 is 7.71. The summed E-state index contributed by atoms with van der Waals surface area (Å²) in [6.07, 6.45) is 3.73. The number of hydrogen-bond donors (Lipinski definition) is 1. The number of nitrogens with two attached hydrogens (primary N) is 1. The SMILES string of the molecule is CN(Cc1nc2c(N)cccc2o1)Cc1nccn1C. The van der Waals surface area contributed by atoms with Crippen LogP contribution in [0.5, 0.6) is 0 Å². The van der Waals surface area contributed by atoms with Gasteiger partial charge in [0.1, 0.15) is 11.3 Å². The molecule has 0 amide bonds. The van der Waals surface area contributed by atoms with Crippen LogP contribution < -0.4 is 5.73 Å². The van der Waals surface area contributed by atoms with Gasteiger partial charge in [-0.1, -0.05) is 6.07 Å². The molecule has 2 aromatic heterocycles. The first-order chi connectivity index (χ1) is 9.63. The van der Waals surface area contributed by atoms with Gasteiger partial charge in [-0.05, 0) is 19.2 Å². The van der Waals surface area contributed by atoms with E-state index >= 15 is 0 Å². The summed E-state index contributed by atoms with van der Waals surface area (Å²) in [5.41, 5.74) is 7.98. The maximum absolute atomic E-state index is 5.88. The fraction of sp³-hybridized carbons (Fsp3) is 0.286. The van der Waals surface area contributed by atoms with Gasteiger partial charge in [-0.3, -0.25) is 4.90 Å². The first-order valence-corrected chi connectivity index (χ1v) is 6.42. The molecule has 0 spiro atoms. The van der Waals surface area contributed by atoms with Gasteiger partial charge in [0.2, 0.25) is 5.89 Å². The molecule has 6 nitrogen and oxygen atoms in total. The third kappa shape index (κ3) is 2.37. The van der Waals surface area contributed by atoms with Crippen LogP contribution in [-0.2, 0) is 20.1 Å². The van der Waals surface area contributed by atoms with E-state index in [0.29, 0.717) is 18.1 Å². The van der Waals surface area contributed by atoms with Crippen LogP contribution in [0, 0.1) is 0 Å². The van der Waals surface area contributed by atoms with Crippen molar-refractivity contribution in [2.24, 2.45) is 7.05 Å². The summed E-state index contributed by atoms with van der Waals surface area (Å²) in [5, 5.41) is 0. The van der Waals surface area contributed by atoms with Crippen molar-refractivity contribution in [2.75, 3.05) is 12.8 Å². The quantitative estimate of drug-likeness (QED) is 0.732. The van der Waals surface area contributed by atoms with E-state index in [1.807, 2.05) is 43.1 Å². The van der Waals surface area contributed by atoms with Gasteiger partial charge < -0.3 is 14.7 Å². The Morgan fingerprint density at radius 1 is 1.35 bits per heavy atom. The molecule has 1 aromatic carbocycles. The molecular formula is C14H17N5O. The van der Waals surface area contributed by atoms with Crippen LogP contribution in [0.1, 0.15) is 11.7 Å². The summed E-state index contributed by atoms with van der Waals surface area (Å²) in [7, 11) is 3.99. The van der Waals surface area contributed by atoms with Crippen molar-refractivity contribution in [1.29, 1.82) is 0 Å². The number of hydrogen-bond acceptors (Lipinski definition) is 5. The Morgan fingerprint density at radius 3 is 2.90 bits per heavy atom. The molecule has 0 saturated carbocycles. The molecule has 2 heterocycles. The van der Waals surface area contributed by atoms with Crippen LogP contribution in [0.3, 0.4) is 0 Å². The van der Waals surface area contributed by atoms with Crippen molar-refractivity contribution in [2.45, 2.75) is 13.1 Å². The second kappa shape index (κ2) is 4.97. The number of benzene rings is 1. The Hall–Kier alpha value is -2.34. The van der Waals surface area contributed by atoms with Crippen LogP contribution in [0.2, 0.25) is 0 Å². The Kier molecular flexibility index (Phi) is 3.15. The predicted octanol–water partition coefficient (Wildman–Crippen LogP) is 1.78. The van der Waals surface area contributed by atoms with Crippen molar-refractivity contribution in [3.63, 3.8) is 0 Å². The van der Waals surface area contributed by atoms with Gasteiger partial charge in [0.15, 0.2) is 5.58 Å². The van der Waals surface area contributed by atoms with Crippen LogP contribution in [0.4, 0.5) is 5.69 Å². The summed E-state index contributed by atoms with van der Waals surface area (Å²) in [5.74, 6) is 1.66. The van der Waals surface area contributed by atoms with Crippen LogP contribution >= 0.6 is 0 Å². The first-order valence-electron chi connectivity index (χ1n) is 6.42. The molecule has 3 rings (SSSR count). The third-order valence-electron chi connectivity index (χ3n) is 3.23.